The summed E-state index contributed by atoms with van der Waals surface area (Å²) in [6.45, 7) is 3.65. The van der Waals surface area contributed by atoms with Crippen molar-refractivity contribution in [2.45, 2.75) is 30.8 Å². The lowest BCUT2D eigenvalue weighted by Gasteiger charge is -2.10. The molecule has 0 fully saturated rings. The Bertz CT molecular complexity index is 965. The van der Waals surface area contributed by atoms with Crippen LogP contribution in [-0.4, -0.2) is 16.0 Å². The van der Waals surface area contributed by atoms with Crippen molar-refractivity contribution in [2.75, 3.05) is 5.32 Å². The molecular formula is C19H16F3N3O2S. The Morgan fingerprint density at radius 1 is 1.18 bits per heavy atom. The normalized spacial score (nSPS) is 11.5. The van der Waals surface area contributed by atoms with Crippen LogP contribution in [0.2, 0.25) is 0 Å². The van der Waals surface area contributed by atoms with E-state index in [4.69, 9.17) is 4.52 Å². The van der Waals surface area contributed by atoms with Crippen molar-refractivity contribution < 1.29 is 22.5 Å². The first-order valence-corrected chi connectivity index (χ1v) is 9.22. The molecule has 0 radical (unpaired) electrons. The standard InChI is InChI=1S/C19H16F3N3O2S/c1-11-16(12(2)27-25-11)10-28-18-15(4-3-9-23-18)17(26)24-14-7-5-13(6-8-14)19(20,21)22/h3-9H,10H2,1-2H3,(H,24,26). The van der Waals surface area contributed by atoms with Gasteiger partial charge in [0.05, 0.1) is 16.8 Å². The van der Waals surface area contributed by atoms with E-state index in [0.717, 1.165) is 23.4 Å². The second-order valence-corrected chi connectivity index (χ2v) is 6.94. The van der Waals surface area contributed by atoms with Crippen LogP contribution in [0.5, 0.6) is 0 Å². The van der Waals surface area contributed by atoms with Crippen LogP contribution in [0.25, 0.3) is 0 Å². The van der Waals surface area contributed by atoms with E-state index >= 15 is 0 Å². The van der Waals surface area contributed by atoms with E-state index in [1.165, 1.54) is 23.9 Å². The van der Waals surface area contributed by atoms with E-state index in [1.807, 2.05) is 13.8 Å². The third-order valence-corrected chi connectivity index (χ3v) is 5.05. The Morgan fingerprint density at radius 3 is 2.50 bits per heavy atom. The van der Waals surface area contributed by atoms with Gasteiger partial charge >= 0.3 is 6.18 Å². The van der Waals surface area contributed by atoms with Gasteiger partial charge in [-0.2, -0.15) is 13.2 Å². The first-order valence-electron chi connectivity index (χ1n) is 8.24. The minimum atomic E-state index is -4.42. The number of pyridine rings is 1. The van der Waals surface area contributed by atoms with Gasteiger partial charge in [-0.25, -0.2) is 4.98 Å². The number of carbonyl (C=O) groups is 1. The van der Waals surface area contributed by atoms with Gasteiger partial charge in [0.1, 0.15) is 10.8 Å². The summed E-state index contributed by atoms with van der Waals surface area (Å²) in [6.07, 6.45) is -2.85. The summed E-state index contributed by atoms with van der Waals surface area (Å²) < 4.78 is 43.1. The molecule has 0 bridgehead atoms. The first kappa shape index (κ1) is 19.9. The van der Waals surface area contributed by atoms with Crippen LogP contribution in [0, 0.1) is 13.8 Å². The highest BCUT2D eigenvalue weighted by atomic mass is 32.2. The number of alkyl halides is 3. The summed E-state index contributed by atoms with van der Waals surface area (Å²) in [6, 6.07) is 7.52. The Hall–Kier alpha value is -2.81. The topological polar surface area (TPSA) is 68.0 Å². The first-order chi connectivity index (χ1) is 13.3. The molecule has 1 aromatic carbocycles. The van der Waals surface area contributed by atoms with Crippen LogP contribution < -0.4 is 5.32 Å². The number of anilines is 1. The summed E-state index contributed by atoms with van der Waals surface area (Å²) in [5.74, 6) is 0.782. The molecule has 2 heterocycles. The lowest BCUT2D eigenvalue weighted by atomic mass is 10.2. The maximum atomic E-state index is 12.6. The highest BCUT2D eigenvalue weighted by Crippen LogP contribution is 2.30. The number of nitrogens with one attached hydrogen (secondary N) is 1. The smallest absolute Gasteiger partial charge is 0.361 e. The number of hydrogen-bond donors (Lipinski definition) is 1. The summed E-state index contributed by atoms with van der Waals surface area (Å²) in [5, 5.41) is 7.01. The lowest BCUT2D eigenvalue weighted by molar-refractivity contribution is -0.137. The Morgan fingerprint density at radius 2 is 1.89 bits per heavy atom. The Labute approximate surface area is 163 Å². The van der Waals surface area contributed by atoms with E-state index < -0.39 is 17.6 Å². The number of halogens is 3. The molecule has 1 N–H and O–H groups in total. The molecule has 0 saturated carbocycles. The van der Waals surface area contributed by atoms with Crippen molar-refractivity contribution in [1.29, 1.82) is 0 Å². The van der Waals surface area contributed by atoms with Crippen molar-refractivity contribution in [3.05, 3.63) is 70.7 Å². The zero-order chi connectivity index (χ0) is 20.3. The summed E-state index contributed by atoms with van der Waals surface area (Å²) in [5.41, 5.74) is 1.53. The fourth-order valence-corrected chi connectivity index (χ4v) is 3.61. The molecule has 0 saturated heterocycles. The molecule has 1 amide bonds. The second-order valence-electron chi connectivity index (χ2n) is 5.98. The van der Waals surface area contributed by atoms with Crippen molar-refractivity contribution in [3.8, 4) is 0 Å². The van der Waals surface area contributed by atoms with Crippen molar-refractivity contribution >= 4 is 23.4 Å². The highest BCUT2D eigenvalue weighted by molar-refractivity contribution is 7.98. The molecule has 3 rings (SSSR count). The zero-order valence-corrected chi connectivity index (χ0v) is 15.8. The van der Waals surface area contributed by atoms with Crippen LogP contribution in [0.3, 0.4) is 0 Å². The molecule has 9 heteroatoms. The maximum Gasteiger partial charge on any atom is 0.416 e. The van der Waals surface area contributed by atoms with E-state index in [0.29, 0.717) is 22.1 Å². The third-order valence-electron chi connectivity index (χ3n) is 4.02. The molecule has 0 aliphatic carbocycles. The summed E-state index contributed by atoms with van der Waals surface area (Å²) in [7, 11) is 0. The fourth-order valence-electron chi connectivity index (χ4n) is 2.47. The van der Waals surface area contributed by atoms with Gasteiger partial charge in [-0.1, -0.05) is 5.16 Å². The number of nitrogens with zero attached hydrogens (tertiary/aromatic N) is 2. The van der Waals surface area contributed by atoms with Crippen LogP contribution in [0.15, 0.2) is 52.1 Å². The van der Waals surface area contributed by atoms with E-state index in [9.17, 15) is 18.0 Å². The molecule has 0 aliphatic rings. The molecule has 146 valence electrons. The second kappa shape index (κ2) is 8.05. The molecule has 0 unspecified atom stereocenters. The third kappa shape index (κ3) is 4.53. The molecular weight excluding hydrogens is 391 g/mol. The zero-order valence-electron chi connectivity index (χ0n) is 15.0. The van der Waals surface area contributed by atoms with Gasteiger partial charge in [0.15, 0.2) is 0 Å². The van der Waals surface area contributed by atoms with E-state index in [1.54, 1.807) is 18.3 Å². The Balaban J connectivity index is 1.74. The van der Waals surface area contributed by atoms with Gasteiger partial charge in [-0.3, -0.25) is 4.79 Å². The predicted molar refractivity (Wildman–Crippen MR) is 99.2 cm³/mol. The monoisotopic (exact) mass is 407 g/mol. The predicted octanol–water partition coefficient (Wildman–Crippen LogP) is 5.25. The van der Waals surface area contributed by atoms with Crippen LogP contribution in [0.1, 0.15) is 32.9 Å². The molecule has 3 aromatic rings. The molecule has 28 heavy (non-hydrogen) atoms. The maximum absolute atomic E-state index is 12.6. The van der Waals surface area contributed by atoms with Crippen molar-refractivity contribution in [2.24, 2.45) is 0 Å². The van der Waals surface area contributed by atoms with Gasteiger partial charge in [-0.15, -0.1) is 11.8 Å². The number of amides is 1. The number of carbonyl (C=O) groups excluding carboxylic acids is 1. The number of hydrogen-bond acceptors (Lipinski definition) is 5. The Kier molecular flexibility index (Phi) is 5.73. The quantitative estimate of drug-likeness (QED) is 0.585. The van der Waals surface area contributed by atoms with Gasteiger partial charge in [0.25, 0.3) is 5.91 Å². The largest absolute Gasteiger partial charge is 0.416 e. The van der Waals surface area contributed by atoms with Gasteiger partial charge in [0, 0.05) is 23.2 Å². The number of aryl methyl sites for hydroxylation is 2. The van der Waals surface area contributed by atoms with E-state index in [2.05, 4.69) is 15.5 Å². The average Bonchev–Trinajstić information content (AvgIpc) is 2.98. The van der Waals surface area contributed by atoms with Crippen LogP contribution in [-0.2, 0) is 11.9 Å². The van der Waals surface area contributed by atoms with Crippen molar-refractivity contribution in [3.63, 3.8) is 0 Å². The van der Waals surface area contributed by atoms with Gasteiger partial charge < -0.3 is 9.84 Å². The minimum Gasteiger partial charge on any atom is -0.361 e. The van der Waals surface area contributed by atoms with Crippen LogP contribution in [0.4, 0.5) is 18.9 Å². The highest BCUT2D eigenvalue weighted by Gasteiger charge is 2.30. The number of rotatable bonds is 5. The molecule has 0 aliphatic heterocycles. The molecule has 2 aromatic heterocycles. The lowest BCUT2D eigenvalue weighted by Crippen LogP contribution is -2.14. The SMILES string of the molecule is Cc1noc(C)c1CSc1ncccc1C(=O)Nc1ccc(C(F)(F)F)cc1. The fraction of sp³-hybridized carbons (Fsp3) is 0.211. The van der Waals surface area contributed by atoms with Gasteiger partial charge in [-0.05, 0) is 50.2 Å². The number of benzene rings is 1. The summed E-state index contributed by atoms with van der Waals surface area (Å²) >= 11 is 1.36. The average molecular weight is 407 g/mol. The van der Waals surface area contributed by atoms with Gasteiger partial charge in [0.2, 0.25) is 0 Å². The van der Waals surface area contributed by atoms with Crippen molar-refractivity contribution in [1.82, 2.24) is 10.1 Å². The van der Waals surface area contributed by atoms with E-state index in [-0.39, 0.29) is 5.69 Å². The molecule has 0 spiro atoms. The summed E-state index contributed by atoms with van der Waals surface area (Å²) in [4.78, 5) is 16.8. The molecule has 0 atom stereocenters. The number of aromatic nitrogens is 2. The minimum absolute atomic E-state index is 0.267. The number of thioether (sulfide) groups is 1. The molecule has 5 nitrogen and oxygen atoms in total. The van der Waals surface area contributed by atoms with Crippen LogP contribution >= 0.6 is 11.8 Å².